The van der Waals surface area contributed by atoms with Crippen LogP contribution >= 0.6 is 0 Å². The fourth-order valence-electron chi connectivity index (χ4n) is 3.76. The zero-order chi connectivity index (χ0) is 20.2. The Kier molecular flexibility index (Phi) is 5.15. The minimum absolute atomic E-state index is 0.551. The number of ether oxygens (including phenoxy) is 1. The lowest BCUT2D eigenvalue weighted by Crippen LogP contribution is -2.15. The fourth-order valence-corrected chi connectivity index (χ4v) is 3.76. The molecule has 2 N–H and O–H groups in total. The third-order valence-corrected chi connectivity index (χ3v) is 5.27. The van der Waals surface area contributed by atoms with Gasteiger partial charge in [0.05, 0.1) is 17.6 Å². The van der Waals surface area contributed by atoms with E-state index in [0.717, 1.165) is 28.2 Å². The fraction of sp³-hybridized carbons (Fsp3) is 0.115. The Balaban J connectivity index is 1.36. The molecule has 0 spiro atoms. The minimum atomic E-state index is 0.551. The monoisotopic (exact) mass is 393 g/mol. The molecule has 5 rings (SSSR count). The molecule has 4 nitrogen and oxygen atoms in total. The Morgan fingerprint density at radius 2 is 1.57 bits per heavy atom. The zero-order valence-electron chi connectivity index (χ0n) is 16.6. The highest BCUT2D eigenvalue weighted by atomic mass is 16.5. The quantitative estimate of drug-likeness (QED) is 0.379. The van der Waals surface area contributed by atoms with Gasteiger partial charge in [-0.2, -0.15) is 0 Å². The Bertz CT molecular complexity index is 1240. The van der Waals surface area contributed by atoms with Crippen LogP contribution in [0.3, 0.4) is 0 Å². The molecule has 0 aliphatic heterocycles. The second kappa shape index (κ2) is 8.39. The number of hydrogen-bond donors (Lipinski definition) is 2. The van der Waals surface area contributed by atoms with Crippen molar-refractivity contribution in [3.8, 4) is 5.75 Å². The van der Waals surface area contributed by atoms with E-state index < -0.39 is 0 Å². The highest BCUT2D eigenvalue weighted by Crippen LogP contribution is 2.29. The molecular formula is C26H23N3O. The van der Waals surface area contributed by atoms with Crippen LogP contribution in [0.4, 0.5) is 0 Å². The predicted octanol–water partition coefficient (Wildman–Crippen LogP) is 5.58. The molecule has 0 bridgehead atoms. The number of benzene rings is 4. The third-order valence-electron chi connectivity index (χ3n) is 5.27. The molecule has 148 valence electrons. The van der Waals surface area contributed by atoms with Crippen LogP contribution in [0.2, 0.25) is 0 Å². The molecule has 0 unspecified atom stereocenters. The SMILES string of the molecule is c1ccc(COc2ccc3ccccc3c2CNCc2nc3ccccc3[nH]2)cc1. The Morgan fingerprint density at radius 3 is 2.47 bits per heavy atom. The summed E-state index contributed by atoms with van der Waals surface area (Å²) in [6.07, 6.45) is 0. The van der Waals surface area contributed by atoms with Crippen LogP contribution in [0.5, 0.6) is 5.75 Å². The largest absolute Gasteiger partial charge is 0.489 e. The lowest BCUT2D eigenvalue weighted by Gasteiger charge is -2.15. The number of rotatable bonds is 7. The van der Waals surface area contributed by atoms with Crippen LogP contribution in [0, 0.1) is 0 Å². The highest BCUT2D eigenvalue weighted by molar-refractivity contribution is 5.87. The number of H-pyrrole nitrogens is 1. The maximum Gasteiger partial charge on any atom is 0.124 e. The van der Waals surface area contributed by atoms with Crippen molar-refractivity contribution >= 4 is 21.8 Å². The van der Waals surface area contributed by atoms with Crippen molar-refractivity contribution in [3.05, 3.63) is 108 Å². The lowest BCUT2D eigenvalue weighted by atomic mass is 10.0. The van der Waals surface area contributed by atoms with Gasteiger partial charge in [0.1, 0.15) is 18.2 Å². The number of aromatic nitrogens is 2. The van der Waals surface area contributed by atoms with E-state index in [9.17, 15) is 0 Å². The van der Waals surface area contributed by atoms with Gasteiger partial charge >= 0.3 is 0 Å². The number of hydrogen-bond acceptors (Lipinski definition) is 3. The number of nitrogens with zero attached hydrogens (tertiary/aromatic N) is 1. The molecule has 30 heavy (non-hydrogen) atoms. The molecular weight excluding hydrogens is 370 g/mol. The van der Waals surface area contributed by atoms with Crippen molar-refractivity contribution in [1.29, 1.82) is 0 Å². The van der Waals surface area contributed by atoms with Gasteiger partial charge in [0, 0.05) is 12.1 Å². The van der Waals surface area contributed by atoms with Crippen molar-refractivity contribution < 1.29 is 4.74 Å². The summed E-state index contributed by atoms with van der Waals surface area (Å²) in [6, 6.07) is 31.0. The molecule has 0 aliphatic rings. The van der Waals surface area contributed by atoms with Gasteiger partial charge < -0.3 is 15.0 Å². The second-order valence-corrected chi connectivity index (χ2v) is 7.34. The average Bonchev–Trinajstić information content (AvgIpc) is 3.22. The maximum atomic E-state index is 6.22. The Hall–Kier alpha value is -3.63. The molecule has 0 saturated carbocycles. The van der Waals surface area contributed by atoms with Crippen LogP contribution in [-0.4, -0.2) is 9.97 Å². The molecule has 0 radical (unpaired) electrons. The molecule has 0 amide bonds. The van der Waals surface area contributed by atoms with E-state index in [1.165, 1.54) is 16.3 Å². The number of nitrogens with one attached hydrogen (secondary N) is 2. The minimum Gasteiger partial charge on any atom is -0.489 e. The Labute approximate surface area is 175 Å². The van der Waals surface area contributed by atoms with Gasteiger partial charge in [-0.3, -0.25) is 0 Å². The number of para-hydroxylation sites is 2. The van der Waals surface area contributed by atoms with Gasteiger partial charge in [-0.15, -0.1) is 0 Å². The van der Waals surface area contributed by atoms with E-state index >= 15 is 0 Å². The summed E-state index contributed by atoms with van der Waals surface area (Å²) in [6.45, 7) is 1.91. The van der Waals surface area contributed by atoms with E-state index in [-0.39, 0.29) is 0 Å². The molecule has 1 aromatic heterocycles. The van der Waals surface area contributed by atoms with E-state index in [1.54, 1.807) is 0 Å². The molecule has 0 saturated heterocycles. The van der Waals surface area contributed by atoms with Crippen LogP contribution in [-0.2, 0) is 19.7 Å². The van der Waals surface area contributed by atoms with Gasteiger partial charge in [0.2, 0.25) is 0 Å². The van der Waals surface area contributed by atoms with Gasteiger partial charge in [0.25, 0.3) is 0 Å². The number of fused-ring (bicyclic) bond motifs is 2. The first kappa shape index (κ1) is 18.4. The summed E-state index contributed by atoms with van der Waals surface area (Å²) >= 11 is 0. The van der Waals surface area contributed by atoms with Crippen molar-refractivity contribution in [2.45, 2.75) is 19.7 Å². The van der Waals surface area contributed by atoms with Gasteiger partial charge in [-0.25, -0.2) is 4.98 Å². The van der Waals surface area contributed by atoms with Gasteiger partial charge in [-0.05, 0) is 34.5 Å². The summed E-state index contributed by atoms with van der Waals surface area (Å²) in [5, 5.41) is 5.96. The first-order valence-electron chi connectivity index (χ1n) is 10.2. The highest BCUT2D eigenvalue weighted by Gasteiger charge is 2.10. The number of imidazole rings is 1. The van der Waals surface area contributed by atoms with Gasteiger partial charge in [0.15, 0.2) is 0 Å². The zero-order valence-corrected chi connectivity index (χ0v) is 16.6. The van der Waals surface area contributed by atoms with E-state index in [4.69, 9.17) is 4.74 Å². The van der Waals surface area contributed by atoms with Crippen LogP contribution in [0.15, 0.2) is 91.0 Å². The standard InChI is InChI=1S/C26H23N3O/c1-2-8-19(9-3-1)18-30-25-15-14-20-10-4-5-11-21(20)22(25)16-27-17-26-28-23-12-6-7-13-24(23)29-26/h1-15,27H,16-18H2,(H,28,29). The first-order chi connectivity index (χ1) is 14.9. The molecule has 0 fully saturated rings. The smallest absolute Gasteiger partial charge is 0.124 e. The summed E-state index contributed by atoms with van der Waals surface area (Å²) in [4.78, 5) is 8.03. The molecule has 1 heterocycles. The van der Waals surface area contributed by atoms with E-state index in [2.05, 4.69) is 63.8 Å². The maximum absolute atomic E-state index is 6.22. The molecule has 4 aromatic carbocycles. The molecule has 0 atom stereocenters. The first-order valence-corrected chi connectivity index (χ1v) is 10.2. The van der Waals surface area contributed by atoms with Crippen LogP contribution in [0.1, 0.15) is 17.0 Å². The molecule has 0 aliphatic carbocycles. The summed E-state index contributed by atoms with van der Waals surface area (Å²) in [5.41, 5.74) is 4.38. The third kappa shape index (κ3) is 3.91. The van der Waals surface area contributed by atoms with E-state index in [0.29, 0.717) is 19.7 Å². The van der Waals surface area contributed by atoms with Crippen molar-refractivity contribution in [3.63, 3.8) is 0 Å². The average molecular weight is 393 g/mol. The van der Waals surface area contributed by atoms with Crippen molar-refractivity contribution in [2.24, 2.45) is 0 Å². The van der Waals surface area contributed by atoms with E-state index in [1.807, 2.05) is 42.5 Å². The second-order valence-electron chi connectivity index (χ2n) is 7.34. The van der Waals surface area contributed by atoms with Crippen molar-refractivity contribution in [2.75, 3.05) is 0 Å². The normalized spacial score (nSPS) is 11.2. The van der Waals surface area contributed by atoms with Crippen LogP contribution in [0.25, 0.3) is 21.8 Å². The van der Waals surface area contributed by atoms with Crippen LogP contribution < -0.4 is 10.1 Å². The topological polar surface area (TPSA) is 49.9 Å². The number of aromatic amines is 1. The predicted molar refractivity (Wildman–Crippen MR) is 121 cm³/mol. The summed E-state index contributed by atoms with van der Waals surface area (Å²) in [5.74, 6) is 1.85. The molecule has 4 heteroatoms. The summed E-state index contributed by atoms with van der Waals surface area (Å²) in [7, 11) is 0. The molecule has 5 aromatic rings. The van der Waals surface area contributed by atoms with Crippen molar-refractivity contribution in [1.82, 2.24) is 15.3 Å². The summed E-state index contributed by atoms with van der Waals surface area (Å²) < 4.78 is 6.22. The lowest BCUT2D eigenvalue weighted by molar-refractivity contribution is 0.302. The Morgan fingerprint density at radius 1 is 0.767 bits per heavy atom. The van der Waals surface area contributed by atoms with Gasteiger partial charge in [-0.1, -0.05) is 72.8 Å².